The Kier molecular flexibility index (Phi) is 2.72. The highest BCUT2D eigenvalue weighted by Crippen LogP contribution is 2.27. The number of nitrogen functional groups attached to an aromatic ring is 1. The number of hydrogen-bond donors (Lipinski definition) is 4. The number of nitrogens with zero attached hydrogens (tertiary/aromatic N) is 4. The molecule has 0 aliphatic heterocycles. The Morgan fingerprint density at radius 3 is 2.91 bits per heavy atom. The predicted octanol–water partition coefficient (Wildman–Crippen LogP) is 2.07. The normalized spacial score (nSPS) is 10.9. The quantitative estimate of drug-likeness (QED) is 0.458. The third-order valence-corrected chi connectivity index (χ3v) is 3.22. The molecule has 3 aromatic heterocycles. The fraction of sp³-hybridized carbons (Fsp3) is 0. The molecular weight excluding hydrogens is 280 g/mol. The average Bonchev–Trinajstić information content (AvgIpc) is 3.13. The molecule has 0 amide bonds. The topological polar surface area (TPSA) is 121 Å². The van der Waals surface area contributed by atoms with Gasteiger partial charge in [-0.1, -0.05) is 12.1 Å². The standard InChI is InChI=1S/C14H12N8/c15-11-5-12(17-7-16-11)19-10-6-18-22-13(10)14-20-8-3-1-2-4-9(8)21-14/h1-7H,(H,18,22)(H,20,21)(H3,15,16,17,19). The minimum Gasteiger partial charge on any atom is -0.384 e. The van der Waals surface area contributed by atoms with E-state index in [4.69, 9.17) is 5.73 Å². The van der Waals surface area contributed by atoms with Crippen LogP contribution in [-0.4, -0.2) is 30.1 Å². The van der Waals surface area contributed by atoms with Crippen LogP contribution in [0, 0.1) is 0 Å². The predicted molar refractivity (Wildman–Crippen MR) is 83.4 cm³/mol. The second-order valence-corrected chi connectivity index (χ2v) is 4.71. The smallest absolute Gasteiger partial charge is 0.158 e. The van der Waals surface area contributed by atoms with E-state index in [0.29, 0.717) is 17.5 Å². The molecule has 3 heterocycles. The van der Waals surface area contributed by atoms with Crippen LogP contribution < -0.4 is 11.1 Å². The highest BCUT2D eigenvalue weighted by molar-refractivity contribution is 5.82. The summed E-state index contributed by atoms with van der Waals surface area (Å²) in [5, 5.41) is 10.2. The van der Waals surface area contributed by atoms with Crippen LogP contribution in [0.25, 0.3) is 22.6 Å². The van der Waals surface area contributed by atoms with Gasteiger partial charge in [-0.3, -0.25) is 5.10 Å². The van der Waals surface area contributed by atoms with Crippen LogP contribution in [0.2, 0.25) is 0 Å². The number of aromatic nitrogens is 6. The van der Waals surface area contributed by atoms with Crippen molar-refractivity contribution in [2.24, 2.45) is 0 Å². The zero-order chi connectivity index (χ0) is 14.9. The fourth-order valence-corrected chi connectivity index (χ4v) is 2.21. The van der Waals surface area contributed by atoms with Crippen molar-refractivity contribution in [1.82, 2.24) is 30.1 Å². The van der Waals surface area contributed by atoms with Crippen molar-refractivity contribution in [1.29, 1.82) is 0 Å². The van der Waals surface area contributed by atoms with Gasteiger partial charge >= 0.3 is 0 Å². The van der Waals surface area contributed by atoms with Crippen LogP contribution in [0.1, 0.15) is 0 Å². The molecule has 0 spiro atoms. The van der Waals surface area contributed by atoms with Crippen LogP contribution in [0.5, 0.6) is 0 Å². The Hall–Kier alpha value is -3.42. The Morgan fingerprint density at radius 2 is 2.05 bits per heavy atom. The number of nitrogens with one attached hydrogen (secondary N) is 3. The third-order valence-electron chi connectivity index (χ3n) is 3.22. The maximum absolute atomic E-state index is 5.65. The number of nitrogens with two attached hydrogens (primary N) is 1. The Morgan fingerprint density at radius 1 is 1.14 bits per heavy atom. The first-order valence-electron chi connectivity index (χ1n) is 6.62. The molecule has 0 aliphatic carbocycles. The summed E-state index contributed by atoms with van der Waals surface area (Å²) in [6.45, 7) is 0. The Labute approximate surface area is 124 Å². The van der Waals surface area contributed by atoms with Gasteiger partial charge in [0.05, 0.1) is 22.9 Å². The molecule has 0 bridgehead atoms. The summed E-state index contributed by atoms with van der Waals surface area (Å²) in [5.41, 5.74) is 9.00. The molecule has 8 heteroatoms. The summed E-state index contributed by atoms with van der Waals surface area (Å²) in [4.78, 5) is 15.8. The third kappa shape index (κ3) is 2.12. The molecule has 8 nitrogen and oxygen atoms in total. The van der Waals surface area contributed by atoms with E-state index < -0.39 is 0 Å². The molecule has 0 radical (unpaired) electrons. The van der Waals surface area contributed by atoms with Gasteiger partial charge in [0.15, 0.2) is 5.82 Å². The lowest BCUT2D eigenvalue weighted by Crippen LogP contribution is -1.98. The number of rotatable bonds is 3. The average molecular weight is 292 g/mol. The molecule has 4 rings (SSSR count). The summed E-state index contributed by atoms with van der Waals surface area (Å²) in [6, 6.07) is 9.47. The van der Waals surface area contributed by atoms with Crippen molar-refractivity contribution in [2.45, 2.75) is 0 Å². The lowest BCUT2D eigenvalue weighted by atomic mass is 10.3. The number of aromatic amines is 2. The van der Waals surface area contributed by atoms with E-state index in [2.05, 4.69) is 35.5 Å². The molecule has 0 atom stereocenters. The number of para-hydroxylation sites is 2. The van der Waals surface area contributed by atoms with Gasteiger partial charge in [-0.05, 0) is 12.1 Å². The first-order chi connectivity index (χ1) is 10.8. The second kappa shape index (κ2) is 4.85. The molecular formula is C14H12N8. The Bertz CT molecular complexity index is 906. The molecule has 5 N–H and O–H groups in total. The van der Waals surface area contributed by atoms with E-state index in [1.54, 1.807) is 12.3 Å². The molecule has 0 fully saturated rings. The first-order valence-corrected chi connectivity index (χ1v) is 6.62. The van der Waals surface area contributed by atoms with Crippen LogP contribution in [-0.2, 0) is 0 Å². The molecule has 0 unspecified atom stereocenters. The lowest BCUT2D eigenvalue weighted by Gasteiger charge is -2.04. The molecule has 4 aromatic rings. The zero-order valence-corrected chi connectivity index (χ0v) is 11.4. The maximum atomic E-state index is 5.65. The van der Waals surface area contributed by atoms with Gasteiger partial charge in [0.1, 0.15) is 23.7 Å². The van der Waals surface area contributed by atoms with Crippen molar-refractivity contribution in [3.05, 3.63) is 42.9 Å². The number of H-pyrrole nitrogens is 2. The largest absolute Gasteiger partial charge is 0.384 e. The Balaban J connectivity index is 1.73. The van der Waals surface area contributed by atoms with E-state index in [-0.39, 0.29) is 0 Å². The molecule has 0 saturated carbocycles. The van der Waals surface area contributed by atoms with Crippen molar-refractivity contribution >= 4 is 28.4 Å². The van der Waals surface area contributed by atoms with Crippen LogP contribution >= 0.6 is 0 Å². The monoisotopic (exact) mass is 292 g/mol. The molecule has 108 valence electrons. The van der Waals surface area contributed by atoms with Gasteiger partial charge in [0.2, 0.25) is 0 Å². The van der Waals surface area contributed by atoms with E-state index in [1.165, 1.54) is 6.33 Å². The van der Waals surface area contributed by atoms with E-state index in [0.717, 1.165) is 22.4 Å². The number of benzene rings is 1. The SMILES string of the molecule is Nc1cc(Nc2cn[nH]c2-c2nc3ccccc3[nH]2)ncn1. The summed E-state index contributed by atoms with van der Waals surface area (Å²) < 4.78 is 0. The highest BCUT2D eigenvalue weighted by atomic mass is 15.2. The molecule has 0 saturated heterocycles. The van der Waals surface area contributed by atoms with E-state index >= 15 is 0 Å². The number of fused-ring (bicyclic) bond motifs is 1. The second-order valence-electron chi connectivity index (χ2n) is 4.71. The minimum atomic E-state index is 0.395. The number of imidazole rings is 1. The maximum Gasteiger partial charge on any atom is 0.158 e. The van der Waals surface area contributed by atoms with Crippen LogP contribution in [0.4, 0.5) is 17.3 Å². The van der Waals surface area contributed by atoms with Crippen molar-refractivity contribution in [3.63, 3.8) is 0 Å². The minimum absolute atomic E-state index is 0.395. The molecule has 0 aliphatic rings. The van der Waals surface area contributed by atoms with E-state index in [9.17, 15) is 0 Å². The molecule has 22 heavy (non-hydrogen) atoms. The summed E-state index contributed by atoms with van der Waals surface area (Å²) in [5.74, 6) is 1.68. The summed E-state index contributed by atoms with van der Waals surface area (Å²) >= 11 is 0. The van der Waals surface area contributed by atoms with E-state index in [1.807, 2.05) is 24.3 Å². The number of hydrogen-bond acceptors (Lipinski definition) is 6. The van der Waals surface area contributed by atoms with Crippen LogP contribution in [0.15, 0.2) is 42.9 Å². The zero-order valence-electron chi connectivity index (χ0n) is 11.4. The van der Waals surface area contributed by atoms with Crippen molar-refractivity contribution < 1.29 is 0 Å². The number of anilines is 3. The van der Waals surface area contributed by atoms with Gasteiger partial charge < -0.3 is 16.0 Å². The van der Waals surface area contributed by atoms with Gasteiger partial charge in [-0.2, -0.15) is 5.10 Å². The fourth-order valence-electron chi connectivity index (χ4n) is 2.21. The van der Waals surface area contributed by atoms with Gasteiger partial charge in [0.25, 0.3) is 0 Å². The highest BCUT2D eigenvalue weighted by Gasteiger charge is 2.12. The van der Waals surface area contributed by atoms with Gasteiger partial charge in [0, 0.05) is 6.07 Å². The van der Waals surface area contributed by atoms with Crippen molar-refractivity contribution in [3.8, 4) is 11.5 Å². The summed E-state index contributed by atoms with van der Waals surface area (Å²) in [6.07, 6.45) is 3.07. The summed E-state index contributed by atoms with van der Waals surface area (Å²) in [7, 11) is 0. The lowest BCUT2D eigenvalue weighted by molar-refractivity contribution is 1.08. The molecule has 1 aromatic carbocycles. The van der Waals surface area contributed by atoms with Gasteiger partial charge in [-0.15, -0.1) is 0 Å². The van der Waals surface area contributed by atoms with Crippen molar-refractivity contribution in [2.75, 3.05) is 11.1 Å². The first kappa shape index (κ1) is 12.3. The van der Waals surface area contributed by atoms with Crippen LogP contribution in [0.3, 0.4) is 0 Å². The van der Waals surface area contributed by atoms with Gasteiger partial charge in [-0.25, -0.2) is 15.0 Å².